The first-order valence-electron chi connectivity index (χ1n) is 11.0. The highest BCUT2D eigenvalue weighted by molar-refractivity contribution is 5.80. The smallest absolute Gasteiger partial charge is 0.191 e. The van der Waals surface area contributed by atoms with Crippen LogP contribution in [0.4, 0.5) is 0 Å². The molecule has 4 aliphatic rings. The number of hydrogen-bond donors (Lipinski definition) is 2. The maximum Gasteiger partial charge on any atom is 0.191 e. The van der Waals surface area contributed by atoms with Crippen LogP contribution in [0.15, 0.2) is 4.99 Å². The first kappa shape index (κ1) is 18.5. The molecule has 0 aromatic heterocycles. The van der Waals surface area contributed by atoms with Crippen molar-refractivity contribution in [3.05, 3.63) is 0 Å². The molecule has 2 saturated carbocycles. The van der Waals surface area contributed by atoms with Crippen LogP contribution in [0.3, 0.4) is 0 Å². The number of likely N-dealkylation sites (tertiary alicyclic amines) is 1. The number of nitrogens with one attached hydrogen (secondary N) is 2. The standard InChI is InChI=1S/C21H38N4O/c1-16-6-13-25(14-7-16)12-5-11-23-20(22-2)24-18-17-8-15-26-19(17)21(18)9-3-4-10-21/h16-19H,3-15H2,1-2H3,(H2,22,23,24). The minimum absolute atomic E-state index is 0.392. The largest absolute Gasteiger partial charge is 0.377 e. The summed E-state index contributed by atoms with van der Waals surface area (Å²) in [5, 5.41) is 7.37. The number of piperidine rings is 1. The Kier molecular flexibility index (Phi) is 5.75. The van der Waals surface area contributed by atoms with Crippen molar-refractivity contribution in [2.45, 2.75) is 70.4 Å². The molecule has 26 heavy (non-hydrogen) atoms. The number of hydrogen-bond acceptors (Lipinski definition) is 3. The molecule has 148 valence electrons. The molecule has 0 aromatic rings. The molecule has 4 rings (SSSR count). The number of nitrogens with zero attached hydrogens (tertiary/aromatic N) is 2. The Morgan fingerprint density at radius 1 is 1.19 bits per heavy atom. The Balaban J connectivity index is 1.22. The van der Waals surface area contributed by atoms with Crippen molar-refractivity contribution in [3.63, 3.8) is 0 Å². The molecule has 0 aromatic carbocycles. The monoisotopic (exact) mass is 362 g/mol. The highest BCUT2D eigenvalue weighted by atomic mass is 16.5. The molecule has 5 nitrogen and oxygen atoms in total. The SMILES string of the molecule is CN=C(NCCCN1CCC(C)CC1)NC1C2CCOC2C12CCCC2. The van der Waals surface area contributed by atoms with Crippen molar-refractivity contribution in [3.8, 4) is 0 Å². The lowest BCUT2D eigenvalue weighted by Crippen LogP contribution is -2.69. The number of ether oxygens (including phenoxy) is 1. The van der Waals surface area contributed by atoms with Crippen molar-refractivity contribution in [2.24, 2.45) is 22.2 Å². The van der Waals surface area contributed by atoms with E-state index in [1.54, 1.807) is 0 Å². The van der Waals surface area contributed by atoms with E-state index < -0.39 is 0 Å². The quantitative estimate of drug-likeness (QED) is 0.448. The predicted octanol–water partition coefficient (Wildman–Crippen LogP) is 2.62. The first-order valence-corrected chi connectivity index (χ1v) is 11.0. The number of guanidine groups is 1. The summed E-state index contributed by atoms with van der Waals surface area (Å²) in [6.45, 7) is 8.12. The van der Waals surface area contributed by atoms with Gasteiger partial charge in [0, 0.05) is 37.6 Å². The molecule has 2 saturated heterocycles. The van der Waals surface area contributed by atoms with E-state index in [0.29, 0.717) is 23.5 Å². The van der Waals surface area contributed by atoms with Gasteiger partial charge in [-0.25, -0.2) is 0 Å². The highest BCUT2D eigenvalue weighted by Gasteiger charge is 2.65. The third-order valence-corrected chi connectivity index (χ3v) is 7.62. The van der Waals surface area contributed by atoms with E-state index in [0.717, 1.165) is 25.0 Å². The number of aliphatic imine (C=N–C) groups is 1. The molecule has 0 bridgehead atoms. The lowest BCUT2D eigenvalue weighted by atomic mass is 9.54. The molecule has 2 aliphatic carbocycles. The molecule has 1 spiro atoms. The molecule has 5 heteroatoms. The molecule has 2 N–H and O–H groups in total. The number of rotatable bonds is 5. The summed E-state index contributed by atoms with van der Waals surface area (Å²) >= 11 is 0. The summed E-state index contributed by atoms with van der Waals surface area (Å²) in [7, 11) is 1.91. The van der Waals surface area contributed by atoms with Gasteiger partial charge in [0.2, 0.25) is 0 Å². The van der Waals surface area contributed by atoms with Gasteiger partial charge in [-0.2, -0.15) is 0 Å². The Hall–Kier alpha value is -0.810. The van der Waals surface area contributed by atoms with Crippen molar-refractivity contribution in [1.82, 2.24) is 15.5 Å². The third-order valence-electron chi connectivity index (χ3n) is 7.62. The van der Waals surface area contributed by atoms with Gasteiger partial charge in [-0.3, -0.25) is 4.99 Å². The van der Waals surface area contributed by atoms with Gasteiger partial charge in [-0.1, -0.05) is 19.8 Å². The van der Waals surface area contributed by atoms with Gasteiger partial charge >= 0.3 is 0 Å². The van der Waals surface area contributed by atoms with Crippen LogP contribution >= 0.6 is 0 Å². The minimum atomic E-state index is 0.392. The lowest BCUT2D eigenvalue weighted by Gasteiger charge is -2.57. The minimum Gasteiger partial charge on any atom is -0.377 e. The van der Waals surface area contributed by atoms with Gasteiger partial charge in [0.1, 0.15) is 0 Å². The highest BCUT2D eigenvalue weighted by Crippen LogP contribution is 2.60. The average Bonchev–Trinajstić information content (AvgIpc) is 3.31. The van der Waals surface area contributed by atoms with Crippen LogP contribution in [-0.4, -0.2) is 62.8 Å². The predicted molar refractivity (Wildman–Crippen MR) is 106 cm³/mol. The van der Waals surface area contributed by atoms with Crippen LogP contribution in [0.25, 0.3) is 0 Å². The first-order chi connectivity index (χ1) is 12.7. The van der Waals surface area contributed by atoms with E-state index in [2.05, 4.69) is 27.4 Å². The van der Waals surface area contributed by atoms with Crippen molar-refractivity contribution < 1.29 is 4.74 Å². The Bertz CT molecular complexity index is 494. The molecular weight excluding hydrogens is 324 g/mol. The maximum atomic E-state index is 6.10. The van der Waals surface area contributed by atoms with Crippen molar-refractivity contribution in [1.29, 1.82) is 0 Å². The second-order valence-corrected chi connectivity index (χ2v) is 9.18. The molecule has 4 fully saturated rings. The molecular formula is C21H38N4O. The summed E-state index contributed by atoms with van der Waals surface area (Å²) < 4.78 is 6.10. The van der Waals surface area contributed by atoms with Gasteiger partial charge < -0.3 is 20.3 Å². The normalized spacial score (nSPS) is 34.7. The molecule has 3 unspecified atom stereocenters. The molecule has 0 radical (unpaired) electrons. The fourth-order valence-electron chi connectivity index (χ4n) is 6.04. The van der Waals surface area contributed by atoms with Gasteiger partial charge in [0.15, 0.2) is 5.96 Å². The molecule has 2 aliphatic heterocycles. The van der Waals surface area contributed by atoms with E-state index in [4.69, 9.17) is 4.74 Å². The van der Waals surface area contributed by atoms with Crippen molar-refractivity contribution in [2.75, 3.05) is 39.8 Å². The van der Waals surface area contributed by atoms with Crippen LogP contribution < -0.4 is 10.6 Å². The maximum absolute atomic E-state index is 6.10. The molecule has 2 heterocycles. The topological polar surface area (TPSA) is 48.9 Å². The van der Waals surface area contributed by atoms with Gasteiger partial charge in [0.25, 0.3) is 0 Å². The lowest BCUT2D eigenvalue weighted by molar-refractivity contribution is -0.125. The fourth-order valence-corrected chi connectivity index (χ4v) is 6.04. The van der Waals surface area contributed by atoms with E-state index >= 15 is 0 Å². The van der Waals surface area contributed by atoms with Crippen LogP contribution in [0.5, 0.6) is 0 Å². The summed E-state index contributed by atoms with van der Waals surface area (Å²) in [5.74, 6) is 2.61. The third kappa shape index (κ3) is 3.49. The van der Waals surface area contributed by atoms with Gasteiger partial charge in [0.05, 0.1) is 6.10 Å². The van der Waals surface area contributed by atoms with Crippen molar-refractivity contribution >= 4 is 5.96 Å². The summed E-state index contributed by atoms with van der Waals surface area (Å²) in [6.07, 6.45) is 11.1. The van der Waals surface area contributed by atoms with Crippen LogP contribution in [-0.2, 0) is 4.74 Å². The van der Waals surface area contributed by atoms with E-state index in [-0.39, 0.29) is 0 Å². The van der Waals surface area contributed by atoms with E-state index in [1.165, 1.54) is 71.0 Å². The van der Waals surface area contributed by atoms with Gasteiger partial charge in [-0.15, -0.1) is 0 Å². The van der Waals surface area contributed by atoms with E-state index in [9.17, 15) is 0 Å². The average molecular weight is 363 g/mol. The fraction of sp³-hybridized carbons (Fsp3) is 0.952. The summed E-state index contributed by atoms with van der Waals surface area (Å²) in [4.78, 5) is 7.14. The Labute approximate surface area is 159 Å². The van der Waals surface area contributed by atoms with Crippen LogP contribution in [0, 0.1) is 17.3 Å². The van der Waals surface area contributed by atoms with E-state index in [1.807, 2.05) is 7.05 Å². The zero-order valence-electron chi connectivity index (χ0n) is 16.8. The second kappa shape index (κ2) is 8.05. The Morgan fingerprint density at radius 2 is 1.96 bits per heavy atom. The summed E-state index contributed by atoms with van der Waals surface area (Å²) in [6, 6.07) is 0.562. The molecule has 0 amide bonds. The zero-order valence-corrected chi connectivity index (χ0v) is 16.8. The number of fused-ring (bicyclic) bond motifs is 2. The van der Waals surface area contributed by atoms with Crippen LogP contribution in [0.2, 0.25) is 0 Å². The Morgan fingerprint density at radius 3 is 2.69 bits per heavy atom. The van der Waals surface area contributed by atoms with Crippen LogP contribution in [0.1, 0.15) is 58.3 Å². The second-order valence-electron chi connectivity index (χ2n) is 9.18. The summed E-state index contributed by atoms with van der Waals surface area (Å²) in [5.41, 5.74) is 0.392. The van der Waals surface area contributed by atoms with Gasteiger partial charge in [-0.05, 0) is 64.1 Å². The zero-order chi connectivity index (χ0) is 18.0. The molecule has 3 atom stereocenters.